The standard InChI is InChI=1S/C14H24N4/c1-4-15-12-9-13(16-11-7-5-6-8-11)18-14(17-12)10(2)3/h9-11H,4-8H2,1-3H3,(H2,15,16,17,18). The second-order valence-electron chi connectivity index (χ2n) is 5.31. The van der Waals surface area contributed by atoms with E-state index in [1.54, 1.807) is 0 Å². The second-order valence-corrected chi connectivity index (χ2v) is 5.31. The molecule has 0 unspecified atom stereocenters. The van der Waals surface area contributed by atoms with Gasteiger partial charge >= 0.3 is 0 Å². The minimum atomic E-state index is 0.354. The molecule has 0 aromatic carbocycles. The first-order valence-corrected chi connectivity index (χ1v) is 7.08. The molecular weight excluding hydrogens is 224 g/mol. The van der Waals surface area contributed by atoms with Gasteiger partial charge in [-0.2, -0.15) is 0 Å². The normalized spacial score (nSPS) is 16.2. The Kier molecular flexibility index (Phi) is 4.39. The van der Waals surface area contributed by atoms with Gasteiger partial charge < -0.3 is 10.6 Å². The Bertz CT molecular complexity index is 383. The van der Waals surface area contributed by atoms with E-state index in [4.69, 9.17) is 0 Å². The van der Waals surface area contributed by atoms with Crippen LogP contribution in [-0.4, -0.2) is 22.6 Å². The Labute approximate surface area is 110 Å². The van der Waals surface area contributed by atoms with Crippen LogP contribution in [0.3, 0.4) is 0 Å². The number of hydrogen-bond acceptors (Lipinski definition) is 4. The molecule has 0 saturated heterocycles. The average molecular weight is 248 g/mol. The monoisotopic (exact) mass is 248 g/mol. The van der Waals surface area contributed by atoms with Gasteiger partial charge in [0.15, 0.2) is 0 Å². The maximum Gasteiger partial charge on any atom is 0.135 e. The van der Waals surface area contributed by atoms with Crippen LogP contribution in [0.1, 0.15) is 58.2 Å². The lowest BCUT2D eigenvalue weighted by atomic mass is 10.2. The molecule has 2 N–H and O–H groups in total. The number of rotatable bonds is 5. The van der Waals surface area contributed by atoms with Crippen molar-refractivity contribution < 1.29 is 0 Å². The summed E-state index contributed by atoms with van der Waals surface area (Å²) < 4.78 is 0. The number of hydrogen-bond donors (Lipinski definition) is 2. The molecule has 1 aliphatic carbocycles. The van der Waals surface area contributed by atoms with E-state index in [9.17, 15) is 0 Å². The lowest BCUT2D eigenvalue weighted by molar-refractivity contribution is 0.735. The average Bonchev–Trinajstić information content (AvgIpc) is 2.82. The maximum absolute atomic E-state index is 4.62. The summed E-state index contributed by atoms with van der Waals surface area (Å²) in [5.41, 5.74) is 0. The Morgan fingerprint density at radius 1 is 1.22 bits per heavy atom. The maximum atomic E-state index is 4.62. The predicted octanol–water partition coefficient (Wildman–Crippen LogP) is 3.39. The molecule has 0 spiro atoms. The van der Waals surface area contributed by atoms with Gasteiger partial charge in [-0.05, 0) is 19.8 Å². The summed E-state index contributed by atoms with van der Waals surface area (Å²) in [6.07, 6.45) is 5.19. The first-order valence-electron chi connectivity index (χ1n) is 7.08. The smallest absolute Gasteiger partial charge is 0.135 e. The number of nitrogens with one attached hydrogen (secondary N) is 2. The van der Waals surface area contributed by atoms with Gasteiger partial charge in [0.2, 0.25) is 0 Å². The Hall–Kier alpha value is -1.32. The highest BCUT2D eigenvalue weighted by molar-refractivity contribution is 5.48. The van der Waals surface area contributed by atoms with Crippen LogP contribution in [0.15, 0.2) is 6.07 Å². The van der Waals surface area contributed by atoms with E-state index in [-0.39, 0.29) is 0 Å². The fourth-order valence-corrected chi connectivity index (χ4v) is 2.35. The van der Waals surface area contributed by atoms with Crippen molar-refractivity contribution in [2.45, 2.75) is 58.4 Å². The van der Waals surface area contributed by atoms with Crippen LogP contribution in [0.4, 0.5) is 11.6 Å². The molecule has 1 aliphatic rings. The quantitative estimate of drug-likeness (QED) is 0.838. The molecule has 0 amide bonds. The molecule has 18 heavy (non-hydrogen) atoms. The molecular formula is C14H24N4. The lowest BCUT2D eigenvalue weighted by Crippen LogP contribution is -2.17. The minimum absolute atomic E-state index is 0.354. The van der Waals surface area contributed by atoms with Crippen LogP contribution in [0.25, 0.3) is 0 Å². The molecule has 1 aromatic heterocycles. The zero-order chi connectivity index (χ0) is 13.0. The molecule has 0 aliphatic heterocycles. The first-order chi connectivity index (χ1) is 8.69. The molecule has 4 heteroatoms. The lowest BCUT2D eigenvalue weighted by Gasteiger charge is -2.15. The summed E-state index contributed by atoms with van der Waals surface area (Å²) >= 11 is 0. The summed E-state index contributed by atoms with van der Waals surface area (Å²) in [4.78, 5) is 9.15. The molecule has 2 rings (SSSR count). The molecule has 1 aromatic rings. The van der Waals surface area contributed by atoms with Crippen LogP contribution < -0.4 is 10.6 Å². The molecule has 100 valence electrons. The van der Waals surface area contributed by atoms with E-state index < -0.39 is 0 Å². The number of anilines is 2. The predicted molar refractivity (Wildman–Crippen MR) is 76.2 cm³/mol. The van der Waals surface area contributed by atoms with Crippen molar-refractivity contribution in [3.63, 3.8) is 0 Å². The van der Waals surface area contributed by atoms with E-state index in [2.05, 4.69) is 41.4 Å². The van der Waals surface area contributed by atoms with Gasteiger partial charge in [0, 0.05) is 24.6 Å². The molecule has 0 radical (unpaired) electrons. The summed E-state index contributed by atoms with van der Waals surface area (Å²) in [5, 5.41) is 6.82. The zero-order valence-electron chi connectivity index (χ0n) is 11.7. The third-order valence-electron chi connectivity index (χ3n) is 3.32. The van der Waals surface area contributed by atoms with Crippen molar-refractivity contribution in [2.24, 2.45) is 0 Å². The van der Waals surface area contributed by atoms with Crippen molar-refractivity contribution in [3.05, 3.63) is 11.9 Å². The highest BCUT2D eigenvalue weighted by Gasteiger charge is 2.16. The van der Waals surface area contributed by atoms with Crippen LogP contribution in [0.2, 0.25) is 0 Å². The summed E-state index contributed by atoms with van der Waals surface area (Å²) in [7, 11) is 0. The first kappa shape index (κ1) is 13.1. The molecule has 0 bridgehead atoms. The van der Waals surface area contributed by atoms with Gasteiger partial charge in [-0.1, -0.05) is 26.7 Å². The van der Waals surface area contributed by atoms with Crippen LogP contribution in [0, 0.1) is 0 Å². The van der Waals surface area contributed by atoms with Crippen molar-refractivity contribution >= 4 is 11.6 Å². The fraction of sp³-hybridized carbons (Fsp3) is 0.714. The topological polar surface area (TPSA) is 49.8 Å². The highest BCUT2D eigenvalue weighted by atomic mass is 15.1. The molecule has 0 atom stereocenters. The third-order valence-corrected chi connectivity index (χ3v) is 3.32. The van der Waals surface area contributed by atoms with Gasteiger partial charge in [0.1, 0.15) is 17.5 Å². The van der Waals surface area contributed by atoms with Gasteiger partial charge in [0.05, 0.1) is 0 Å². The van der Waals surface area contributed by atoms with Crippen molar-refractivity contribution in [2.75, 3.05) is 17.2 Å². The zero-order valence-corrected chi connectivity index (χ0v) is 11.7. The Balaban J connectivity index is 2.16. The van der Waals surface area contributed by atoms with E-state index >= 15 is 0 Å². The van der Waals surface area contributed by atoms with E-state index in [0.29, 0.717) is 12.0 Å². The van der Waals surface area contributed by atoms with E-state index in [1.165, 1.54) is 25.7 Å². The van der Waals surface area contributed by atoms with Crippen molar-refractivity contribution in [1.29, 1.82) is 0 Å². The molecule has 4 nitrogen and oxygen atoms in total. The third kappa shape index (κ3) is 3.34. The van der Waals surface area contributed by atoms with Crippen LogP contribution in [-0.2, 0) is 0 Å². The number of nitrogens with zero attached hydrogens (tertiary/aromatic N) is 2. The number of aromatic nitrogens is 2. The fourth-order valence-electron chi connectivity index (χ4n) is 2.35. The van der Waals surface area contributed by atoms with E-state index in [1.807, 2.05) is 6.07 Å². The Morgan fingerprint density at radius 3 is 2.50 bits per heavy atom. The molecule has 1 fully saturated rings. The Morgan fingerprint density at radius 2 is 1.89 bits per heavy atom. The summed E-state index contributed by atoms with van der Waals surface area (Å²) in [5.74, 6) is 3.16. The molecule has 1 heterocycles. The minimum Gasteiger partial charge on any atom is -0.370 e. The SMILES string of the molecule is CCNc1cc(NC2CCCC2)nc(C(C)C)n1. The van der Waals surface area contributed by atoms with Crippen LogP contribution >= 0.6 is 0 Å². The van der Waals surface area contributed by atoms with E-state index in [0.717, 1.165) is 24.0 Å². The molecule has 1 saturated carbocycles. The van der Waals surface area contributed by atoms with Gasteiger partial charge in [-0.25, -0.2) is 9.97 Å². The van der Waals surface area contributed by atoms with Gasteiger partial charge in [0.25, 0.3) is 0 Å². The second kappa shape index (κ2) is 6.03. The van der Waals surface area contributed by atoms with Gasteiger partial charge in [-0.15, -0.1) is 0 Å². The van der Waals surface area contributed by atoms with Crippen LogP contribution in [0.5, 0.6) is 0 Å². The van der Waals surface area contributed by atoms with Crippen molar-refractivity contribution in [3.8, 4) is 0 Å². The summed E-state index contributed by atoms with van der Waals surface area (Å²) in [6, 6.07) is 2.61. The van der Waals surface area contributed by atoms with Gasteiger partial charge in [-0.3, -0.25) is 0 Å². The largest absolute Gasteiger partial charge is 0.370 e. The summed E-state index contributed by atoms with van der Waals surface area (Å²) in [6.45, 7) is 7.23. The van der Waals surface area contributed by atoms with Crippen molar-refractivity contribution in [1.82, 2.24) is 9.97 Å². The highest BCUT2D eigenvalue weighted by Crippen LogP contribution is 2.23.